The fourth-order valence-corrected chi connectivity index (χ4v) is 2.46. The van der Waals surface area contributed by atoms with E-state index >= 15 is 0 Å². The van der Waals surface area contributed by atoms with Crippen molar-refractivity contribution in [2.75, 3.05) is 13.2 Å². The van der Waals surface area contributed by atoms with Crippen LogP contribution in [0.1, 0.15) is 18.2 Å². The minimum absolute atomic E-state index is 0.173. The molecule has 1 unspecified atom stereocenters. The van der Waals surface area contributed by atoms with Gasteiger partial charge in [-0.3, -0.25) is 9.48 Å². The normalized spacial score (nSPS) is 13.7. The molecule has 0 fully saturated rings. The van der Waals surface area contributed by atoms with Gasteiger partial charge in [0, 0.05) is 26.2 Å². The number of aryl methyl sites for hydroxylation is 1. The van der Waals surface area contributed by atoms with Crippen LogP contribution in [0.25, 0.3) is 0 Å². The number of ether oxygens (including phenoxy) is 1. The highest BCUT2D eigenvalue weighted by molar-refractivity contribution is 5.84. The van der Waals surface area contributed by atoms with E-state index in [1.165, 1.54) is 0 Å². The summed E-state index contributed by atoms with van der Waals surface area (Å²) in [4.78, 5) is 12.6. The standard InChI is InChI=1S/C16H21N3O2/c1-3-21-15(20)16(12-17,13-7-5-4-6-8-13)11-14-9-10-19(2)18-14/h4-10H,3,11-12,17H2,1-2H3. The molecule has 0 aliphatic carbocycles. The largest absolute Gasteiger partial charge is 0.465 e. The van der Waals surface area contributed by atoms with Crippen molar-refractivity contribution in [3.8, 4) is 0 Å². The van der Waals surface area contributed by atoms with Crippen LogP contribution < -0.4 is 5.73 Å². The zero-order chi connectivity index (χ0) is 15.3. The molecule has 1 aromatic carbocycles. The van der Waals surface area contributed by atoms with Crippen LogP contribution in [0.4, 0.5) is 0 Å². The molecule has 1 heterocycles. The Labute approximate surface area is 124 Å². The third-order valence-electron chi connectivity index (χ3n) is 3.59. The van der Waals surface area contributed by atoms with E-state index in [1.54, 1.807) is 11.6 Å². The first-order chi connectivity index (χ1) is 10.1. The molecule has 21 heavy (non-hydrogen) atoms. The fraction of sp³-hybridized carbons (Fsp3) is 0.375. The Morgan fingerprint density at radius 3 is 2.57 bits per heavy atom. The molecule has 2 aromatic rings. The quantitative estimate of drug-likeness (QED) is 0.816. The van der Waals surface area contributed by atoms with Gasteiger partial charge < -0.3 is 10.5 Å². The number of rotatable bonds is 6. The van der Waals surface area contributed by atoms with E-state index in [4.69, 9.17) is 10.5 Å². The highest BCUT2D eigenvalue weighted by Crippen LogP contribution is 2.29. The lowest BCUT2D eigenvalue weighted by atomic mass is 9.76. The molecule has 2 rings (SSSR count). The number of aromatic nitrogens is 2. The van der Waals surface area contributed by atoms with Gasteiger partial charge in [-0.25, -0.2) is 0 Å². The van der Waals surface area contributed by atoms with E-state index < -0.39 is 5.41 Å². The van der Waals surface area contributed by atoms with Crippen molar-refractivity contribution in [2.45, 2.75) is 18.8 Å². The number of nitrogens with zero attached hydrogens (tertiary/aromatic N) is 2. The van der Waals surface area contributed by atoms with Crippen LogP contribution in [0.15, 0.2) is 42.6 Å². The van der Waals surface area contributed by atoms with E-state index in [2.05, 4.69) is 5.10 Å². The Hall–Kier alpha value is -2.14. The molecule has 1 aromatic heterocycles. The molecule has 5 heteroatoms. The summed E-state index contributed by atoms with van der Waals surface area (Å²) in [5, 5.41) is 4.36. The van der Waals surface area contributed by atoms with Gasteiger partial charge in [0.15, 0.2) is 0 Å². The summed E-state index contributed by atoms with van der Waals surface area (Å²) in [6.07, 6.45) is 2.28. The number of hydrogen-bond acceptors (Lipinski definition) is 4. The minimum atomic E-state index is -0.897. The van der Waals surface area contributed by atoms with Gasteiger partial charge in [-0.1, -0.05) is 30.3 Å². The third-order valence-corrected chi connectivity index (χ3v) is 3.59. The Morgan fingerprint density at radius 2 is 2.05 bits per heavy atom. The first kappa shape index (κ1) is 15.3. The highest BCUT2D eigenvalue weighted by Gasteiger charge is 2.41. The van der Waals surface area contributed by atoms with Gasteiger partial charge in [-0.05, 0) is 18.6 Å². The van der Waals surface area contributed by atoms with Crippen LogP contribution in [0.3, 0.4) is 0 Å². The highest BCUT2D eigenvalue weighted by atomic mass is 16.5. The Morgan fingerprint density at radius 1 is 1.33 bits per heavy atom. The number of nitrogens with two attached hydrogens (primary N) is 1. The van der Waals surface area contributed by atoms with E-state index in [9.17, 15) is 4.79 Å². The van der Waals surface area contributed by atoms with Crippen LogP contribution in [-0.2, 0) is 28.4 Å². The zero-order valence-electron chi connectivity index (χ0n) is 12.5. The summed E-state index contributed by atoms with van der Waals surface area (Å²) >= 11 is 0. The summed E-state index contributed by atoms with van der Waals surface area (Å²) in [7, 11) is 1.85. The second-order valence-corrected chi connectivity index (χ2v) is 5.03. The first-order valence-electron chi connectivity index (χ1n) is 7.03. The van der Waals surface area contributed by atoms with Gasteiger partial charge in [-0.15, -0.1) is 0 Å². The first-order valence-corrected chi connectivity index (χ1v) is 7.03. The van der Waals surface area contributed by atoms with Crippen LogP contribution in [0, 0.1) is 0 Å². The Kier molecular flexibility index (Phi) is 4.75. The average Bonchev–Trinajstić information content (AvgIpc) is 2.91. The van der Waals surface area contributed by atoms with E-state index in [-0.39, 0.29) is 12.5 Å². The Bertz CT molecular complexity index is 595. The van der Waals surface area contributed by atoms with Crippen LogP contribution in [0.5, 0.6) is 0 Å². The van der Waals surface area contributed by atoms with Gasteiger partial charge in [0.25, 0.3) is 0 Å². The minimum Gasteiger partial charge on any atom is -0.465 e. The lowest BCUT2D eigenvalue weighted by Gasteiger charge is -2.30. The number of carbonyl (C=O) groups excluding carboxylic acids is 1. The predicted octanol–water partition coefficient (Wildman–Crippen LogP) is 1.42. The SMILES string of the molecule is CCOC(=O)C(CN)(Cc1ccn(C)n1)c1ccccc1. The molecule has 0 saturated heterocycles. The van der Waals surface area contributed by atoms with Crippen molar-refractivity contribution in [1.82, 2.24) is 9.78 Å². The predicted molar refractivity (Wildman–Crippen MR) is 80.7 cm³/mol. The van der Waals surface area contributed by atoms with Crippen molar-refractivity contribution < 1.29 is 9.53 Å². The van der Waals surface area contributed by atoms with Gasteiger partial charge >= 0.3 is 5.97 Å². The Balaban J connectivity index is 2.43. The van der Waals surface area contributed by atoms with E-state index in [0.29, 0.717) is 13.0 Å². The van der Waals surface area contributed by atoms with Crippen molar-refractivity contribution in [2.24, 2.45) is 12.8 Å². The molecular weight excluding hydrogens is 266 g/mol. The van der Waals surface area contributed by atoms with Crippen molar-refractivity contribution >= 4 is 5.97 Å². The maximum atomic E-state index is 12.6. The van der Waals surface area contributed by atoms with Gasteiger partial charge in [0.1, 0.15) is 5.41 Å². The maximum absolute atomic E-state index is 12.6. The van der Waals surface area contributed by atoms with Crippen LogP contribution in [-0.4, -0.2) is 28.9 Å². The second-order valence-electron chi connectivity index (χ2n) is 5.03. The number of hydrogen-bond donors (Lipinski definition) is 1. The van der Waals surface area contributed by atoms with Gasteiger partial charge in [0.05, 0.1) is 12.3 Å². The summed E-state index contributed by atoms with van der Waals surface area (Å²) < 4.78 is 6.99. The summed E-state index contributed by atoms with van der Waals surface area (Å²) in [6.45, 7) is 2.30. The van der Waals surface area contributed by atoms with Crippen molar-refractivity contribution in [3.63, 3.8) is 0 Å². The molecule has 0 amide bonds. The molecule has 0 bridgehead atoms. The summed E-state index contributed by atoms with van der Waals surface area (Å²) in [5.74, 6) is -0.302. The summed E-state index contributed by atoms with van der Waals surface area (Å²) in [6, 6.07) is 11.4. The molecule has 0 saturated carbocycles. The molecule has 0 aliphatic heterocycles. The van der Waals surface area contributed by atoms with Crippen LogP contribution >= 0.6 is 0 Å². The molecule has 1 atom stereocenters. The monoisotopic (exact) mass is 287 g/mol. The molecule has 0 aliphatic rings. The number of esters is 1. The average molecular weight is 287 g/mol. The smallest absolute Gasteiger partial charge is 0.318 e. The topological polar surface area (TPSA) is 70.1 Å². The molecule has 0 radical (unpaired) electrons. The number of benzene rings is 1. The second kappa shape index (κ2) is 6.54. The fourth-order valence-electron chi connectivity index (χ4n) is 2.46. The van der Waals surface area contributed by atoms with Crippen molar-refractivity contribution in [3.05, 3.63) is 53.9 Å². The van der Waals surface area contributed by atoms with Gasteiger partial charge in [0.2, 0.25) is 0 Å². The summed E-state index contributed by atoms with van der Waals surface area (Å²) in [5.41, 5.74) is 6.77. The maximum Gasteiger partial charge on any atom is 0.318 e. The molecule has 5 nitrogen and oxygen atoms in total. The molecule has 112 valence electrons. The zero-order valence-corrected chi connectivity index (χ0v) is 12.5. The third kappa shape index (κ3) is 3.13. The van der Waals surface area contributed by atoms with Crippen LogP contribution in [0.2, 0.25) is 0 Å². The van der Waals surface area contributed by atoms with Gasteiger partial charge in [-0.2, -0.15) is 5.10 Å². The number of carbonyl (C=O) groups is 1. The molecule has 2 N–H and O–H groups in total. The lowest BCUT2D eigenvalue weighted by molar-refractivity contribution is -0.149. The molecular formula is C16H21N3O2. The van der Waals surface area contributed by atoms with Crippen molar-refractivity contribution in [1.29, 1.82) is 0 Å². The lowest BCUT2D eigenvalue weighted by Crippen LogP contribution is -2.46. The van der Waals surface area contributed by atoms with E-state index in [1.807, 2.05) is 49.6 Å². The van der Waals surface area contributed by atoms with E-state index in [0.717, 1.165) is 11.3 Å². The molecule has 0 spiro atoms.